The van der Waals surface area contributed by atoms with Gasteiger partial charge in [0.2, 0.25) is 5.91 Å². The maximum Gasteiger partial charge on any atom is 0.240 e. The molecule has 0 radical (unpaired) electrons. The molecule has 1 aromatic carbocycles. The van der Waals surface area contributed by atoms with Crippen LogP contribution in [0.5, 0.6) is 5.75 Å². The molecule has 17 heavy (non-hydrogen) atoms. The molecule has 1 N–H and O–H groups in total. The lowest BCUT2D eigenvalue weighted by atomic mass is 10.1. The van der Waals surface area contributed by atoms with E-state index in [2.05, 4.69) is 21.2 Å². The second-order valence-corrected chi connectivity index (χ2v) is 5.90. The highest BCUT2D eigenvalue weighted by Gasteiger charge is 2.25. The van der Waals surface area contributed by atoms with Gasteiger partial charge in [0.15, 0.2) is 0 Å². The van der Waals surface area contributed by atoms with Crippen molar-refractivity contribution in [1.82, 2.24) is 0 Å². The summed E-state index contributed by atoms with van der Waals surface area (Å²) in [4.78, 5) is 11.8. The summed E-state index contributed by atoms with van der Waals surface area (Å²) < 4.78 is 4.41. The Balaban J connectivity index is 3.14. The van der Waals surface area contributed by atoms with Gasteiger partial charge in [-0.05, 0) is 26.0 Å². The lowest BCUT2D eigenvalue weighted by Gasteiger charge is -2.18. The molecule has 0 aromatic heterocycles. The van der Waals surface area contributed by atoms with Gasteiger partial charge in [-0.15, -0.1) is 0 Å². The topological polar surface area (TPSA) is 62.1 Å². The Morgan fingerprint density at radius 1 is 1.53 bits per heavy atom. The third-order valence-corrected chi connectivity index (χ3v) is 2.51. The molecule has 1 amide bonds. The maximum atomic E-state index is 11.8. The van der Waals surface area contributed by atoms with E-state index in [1.165, 1.54) is 7.11 Å². The minimum absolute atomic E-state index is 0.237. The number of nitriles is 1. The highest BCUT2D eigenvalue weighted by atomic mass is 79.9. The van der Waals surface area contributed by atoms with Crippen molar-refractivity contribution < 1.29 is 9.53 Å². The Hall–Kier alpha value is -1.54. The number of benzene rings is 1. The standard InChI is InChI=1S/C12H13BrN2O2/c1-12(2,13)11(16)15-10-8(7-14)5-4-6-9(10)17-3/h4-6H,1-3H3,(H,15,16). The molecular formula is C12H13BrN2O2. The Kier molecular flexibility index (Phi) is 4.13. The number of hydrogen-bond donors (Lipinski definition) is 1. The van der Waals surface area contributed by atoms with Gasteiger partial charge in [0, 0.05) is 0 Å². The molecule has 0 heterocycles. The van der Waals surface area contributed by atoms with E-state index in [4.69, 9.17) is 10.00 Å². The van der Waals surface area contributed by atoms with Crippen LogP contribution in [0, 0.1) is 11.3 Å². The number of para-hydroxylation sites is 1. The second kappa shape index (κ2) is 5.19. The van der Waals surface area contributed by atoms with Gasteiger partial charge in [0.25, 0.3) is 0 Å². The van der Waals surface area contributed by atoms with Gasteiger partial charge in [-0.1, -0.05) is 22.0 Å². The Morgan fingerprint density at radius 3 is 2.65 bits per heavy atom. The maximum absolute atomic E-state index is 11.8. The molecule has 0 aliphatic carbocycles. The molecule has 0 saturated carbocycles. The van der Waals surface area contributed by atoms with E-state index < -0.39 is 4.32 Å². The number of halogens is 1. The van der Waals surface area contributed by atoms with Crippen LogP contribution < -0.4 is 10.1 Å². The van der Waals surface area contributed by atoms with Gasteiger partial charge in [0.1, 0.15) is 17.5 Å². The molecule has 0 atom stereocenters. The fourth-order valence-electron chi connectivity index (χ4n) is 1.19. The van der Waals surface area contributed by atoms with Crippen LogP contribution in [0.15, 0.2) is 18.2 Å². The smallest absolute Gasteiger partial charge is 0.240 e. The molecule has 0 spiro atoms. The van der Waals surface area contributed by atoms with Gasteiger partial charge >= 0.3 is 0 Å². The first-order valence-corrected chi connectivity index (χ1v) is 5.77. The van der Waals surface area contributed by atoms with Crippen LogP contribution in [0.1, 0.15) is 19.4 Å². The van der Waals surface area contributed by atoms with Crippen LogP contribution >= 0.6 is 15.9 Å². The predicted octanol–water partition coefficient (Wildman–Crippen LogP) is 2.68. The third kappa shape index (κ3) is 3.21. The van der Waals surface area contributed by atoms with Crippen LogP contribution in [0.25, 0.3) is 0 Å². The minimum atomic E-state index is -0.708. The van der Waals surface area contributed by atoms with E-state index in [0.717, 1.165) is 0 Å². The van der Waals surface area contributed by atoms with Gasteiger partial charge in [-0.25, -0.2) is 0 Å². The molecule has 1 aromatic rings. The number of hydrogen-bond acceptors (Lipinski definition) is 3. The molecular weight excluding hydrogens is 284 g/mol. The molecule has 0 unspecified atom stereocenters. The summed E-state index contributed by atoms with van der Waals surface area (Å²) in [5, 5.41) is 11.7. The van der Waals surface area contributed by atoms with E-state index in [1.54, 1.807) is 32.0 Å². The zero-order valence-corrected chi connectivity index (χ0v) is 11.5. The number of carbonyl (C=O) groups is 1. The van der Waals surface area contributed by atoms with Gasteiger partial charge in [0.05, 0.1) is 17.0 Å². The molecule has 90 valence electrons. The van der Waals surface area contributed by atoms with E-state index in [-0.39, 0.29) is 5.91 Å². The predicted molar refractivity (Wildman–Crippen MR) is 69.3 cm³/mol. The van der Waals surface area contributed by atoms with E-state index in [1.807, 2.05) is 6.07 Å². The number of ether oxygens (including phenoxy) is 1. The average molecular weight is 297 g/mol. The normalized spacial score (nSPS) is 10.5. The molecule has 0 aliphatic rings. The molecule has 0 aliphatic heterocycles. The quantitative estimate of drug-likeness (QED) is 0.872. The summed E-state index contributed by atoms with van der Waals surface area (Å²) in [7, 11) is 1.49. The molecule has 0 fully saturated rings. The molecule has 5 heteroatoms. The highest BCUT2D eigenvalue weighted by Crippen LogP contribution is 2.29. The van der Waals surface area contributed by atoms with Crippen molar-refractivity contribution in [2.45, 2.75) is 18.2 Å². The Morgan fingerprint density at radius 2 is 2.18 bits per heavy atom. The number of nitrogens with one attached hydrogen (secondary N) is 1. The first-order chi connectivity index (χ1) is 7.90. The number of methoxy groups -OCH3 is 1. The average Bonchev–Trinajstić information content (AvgIpc) is 2.28. The number of amides is 1. The van der Waals surface area contributed by atoms with Crippen molar-refractivity contribution >= 4 is 27.5 Å². The van der Waals surface area contributed by atoms with Crippen molar-refractivity contribution in [2.75, 3.05) is 12.4 Å². The van der Waals surface area contributed by atoms with Crippen LogP contribution in [-0.4, -0.2) is 17.3 Å². The van der Waals surface area contributed by atoms with E-state index >= 15 is 0 Å². The molecule has 0 saturated heterocycles. The first kappa shape index (κ1) is 13.5. The van der Waals surface area contributed by atoms with Gasteiger partial charge < -0.3 is 10.1 Å². The summed E-state index contributed by atoms with van der Waals surface area (Å²) >= 11 is 3.26. The van der Waals surface area contributed by atoms with Crippen molar-refractivity contribution in [3.05, 3.63) is 23.8 Å². The number of carbonyl (C=O) groups excluding carboxylic acids is 1. The summed E-state index contributed by atoms with van der Waals surface area (Å²) in [5.41, 5.74) is 0.768. The van der Waals surface area contributed by atoms with Crippen LogP contribution in [0.4, 0.5) is 5.69 Å². The fourth-order valence-corrected chi connectivity index (χ4v) is 1.28. The van der Waals surface area contributed by atoms with Crippen molar-refractivity contribution in [2.24, 2.45) is 0 Å². The fraction of sp³-hybridized carbons (Fsp3) is 0.333. The van der Waals surface area contributed by atoms with Gasteiger partial charge in [-0.2, -0.15) is 5.26 Å². The third-order valence-electron chi connectivity index (χ3n) is 2.15. The van der Waals surface area contributed by atoms with Crippen molar-refractivity contribution in [1.29, 1.82) is 5.26 Å². The second-order valence-electron chi connectivity index (χ2n) is 3.92. The van der Waals surface area contributed by atoms with Crippen molar-refractivity contribution in [3.8, 4) is 11.8 Å². The monoisotopic (exact) mass is 296 g/mol. The number of alkyl halides is 1. The van der Waals surface area contributed by atoms with Gasteiger partial charge in [-0.3, -0.25) is 4.79 Å². The lowest BCUT2D eigenvalue weighted by Crippen LogP contribution is -2.31. The first-order valence-electron chi connectivity index (χ1n) is 4.97. The van der Waals surface area contributed by atoms with Crippen LogP contribution in [0.2, 0.25) is 0 Å². The van der Waals surface area contributed by atoms with Crippen molar-refractivity contribution in [3.63, 3.8) is 0 Å². The Labute approximate surface area is 109 Å². The highest BCUT2D eigenvalue weighted by molar-refractivity contribution is 9.10. The summed E-state index contributed by atoms with van der Waals surface area (Å²) in [5.74, 6) is 0.229. The molecule has 1 rings (SSSR count). The largest absolute Gasteiger partial charge is 0.495 e. The summed E-state index contributed by atoms with van der Waals surface area (Å²) in [6.07, 6.45) is 0. The lowest BCUT2D eigenvalue weighted by molar-refractivity contribution is -0.117. The van der Waals surface area contributed by atoms with E-state index in [9.17, 15) is 4.79 Å². The number of anilines is 1. The SMILES string of the molecule is COc1cccc(C#N)c1NC(=O)C(C)(C)Br. The molecule has 0 bridgehead atoms. The Bertz CT molecular complexity index is 472. The zero-order valence-electron chi connectivity index (χ0n) is 9.87. The number of nitrogens with zero attached hydrogens (tertiary/aromatic N) is 1. The number of rotatable bonds is 3. The van der Waals surface area contributed by atoms with Crippen LogP contribution in [0.3, 0.4) is 0 Å². The molecule has 4 nitrogen and oxygen atoms in total. The zero-order chi connectivity index (χ0) is 13.1. The minimum Gasteiger partial charge on any atom is -0.495 e. The van der Waals surface area contributed by atoms with Crippen LogP contribution in [-0.2, 0) is 4.79 Å². The summed E-state index contributed by atoms with van der Waals surface area (Å²) in [6, 6.07) is 7.03. The summed E-state index contributed by atoms with van der Waals surface area (Å²) in [6.45, 7) is 3.45. The van der Waals surface area contributed by atoms with E-state index in [0.29, 0.717) is 17.0 Å².